The fourth-order valence-corrected chi connectivity index (χ4v) is 4.28. The maximum absolute atomic E-state index is 13.3. The third-order valence-corrected chi connectivity index (χ3v) is 6.02. The summed E-state index contributed by atoms with van der Waals surface area (Å²) in [7, 11) is 0. The number of rotatable bonds is 11. The highest BCUT2D eigenvalue weighted by Gasteiger charge is 2.30. The maximum atomic E-state index is 13.3. The number of amides is 1. The van der Waals surface area contributed by atoms with E-state index in [-0.39, 0.29) is 18.3 Å². The largest absolute Gasteiger partial charge is 0.416 e. The third-order valence-electron chi connectivity index (χ3n) is 5.19. The summed E-state index contributed by atoms with van der Waals surface area (Å²) in [5, 5.41) is 5.21. The van der Waals surface area contributed by atoms with Crippen LogP contribution in [-0.4, -0.2) is 22.3 Å². The highest BCUT2D eigenvalue weighted by atomic mass is 32.1. The van der Waals surface area contributed by atoms with E-state index in [9.17, 15) is 22.4 Å². The van der Waals surface area contributed by atoms with E-state index in [2.05, 4.69) is 17.2 Å². The lowest BCUT2D eigenvalue weighted by Gasteiger charge is -2.22. The Morgan fingerprint density at radius 2 is 1.76 bits per heavy atom. The number of nitrogens with zero attached hydrogens (tertiary/aromatic N) is 2. The smallest absolute Gasteiger partial charge is 0.351 e. The van der Waals surface area contributed by atoms with Gasteiger partial charge < -0.3 is 5.32 Å². The predicted octanol–water partition coefficient (Wildman–Crippen LogP) is 6.42. The van der Waals surface area contributed by atoms with Crippen molar-refractivity contribution in [1.29, 1.82) is 0 Å². The van der Waals surface area contributed by atoms with Crippen molar-refractivity contribution in [3.05, 3.63) is 87.1 Å². The Labute approximate surface area is 200 Å². The van der Waals surface area contributed by atoms with Crippen molar-refractivity contribution in [2.24, 2.45) is 0 Å². The second kappa shape index (κ2) is 12.1. The molecule has 0 spiro atoms. The number of benzene rings is 2. The molecule has 0 unspecified atom stereocenters. The molecule has 0 atom stereocenters. The summed E-state index contributed by atoms with van der Waals surface area (Å²) in [6.07, 6.45) is -1.42. The molecule has 0 aliphatic heterocycles. The first-order valence-electron chi connectivity index (χ1n) is 11.1. The first kappa shape index (κ1) is 25.8. The van der Waals surface area contributed by atoms with Gasteiger partial charge in [-0.25, -0.2) is 9.37 Å². The second-order valence-corrected chi connectivity index (χ2v) is 9.00. The summed E-state index contributed by atoms with van der Waals surface area (Å²) in [5.74, 6) is -0.593. The summed E-state index contributed by atoms with van der Waals surface area (Å²) in [5.41, 5.74) is 0.946. The van der Waals surface area contributed by atoms with E-state index >= 15 is 0 Å². The molecule has 0 aliphatic carbocycles. The highest BCUT2D eigenvalue weighted by molar-refractivity contribution is 7.09. The number of hydrogen-bond donors (Lipinski definition) is 1. The topological polar surface area (TPSA) is 45.2 Å². The minimum atomic E-state index is -4.42. The Balaban J connectivity index is 1.73. The van der Waals surface area contributed by atoms with Gasteiger partial charge in [-0.2, -0.15) is 13.2 Å². The number of halogens is 4. The highest BCUT2D eigenvalue weighted by Crippen LogP contribution is 2.30. The van der Waals surface area contributed by atoms with Crippen LogP contribution in [0.3, 0.4) is 0 Å². The number of carbonyl (C=O) groups excluding carboxylic acids is 1. The average molecular weight is 494 g/mol. The Kier molecular flexibility index (Phi) is 9.18. The summed E-state index contributed by atoms with van der Waals surface area (Å²) < 4.78 is 52.8. The molecule has 4 nitrogen and oxygen atoms in total. The van der Waals surface area contributed by atoms with E-state index in [0.717, 1.165) is 37.0 Å². The van der Waals surface area contributed by atoms with E-state index in [1.165, 1.54) is 29.5 Å². The summed E-state index contributed by atoms with van der Waals surface area (Å²) in [6.45, 7) is 3.63. The van der Waals surface area contributed by atoms with Crippen molar-refractivity contribution in [3.8, 4) is 0 Å². The molecule has 3 aromatic rings. The quantitative estimate of drug-likeness (QED) is 0.248. The SMILES string of the molecule is CCCCCNC(=O)c1csc(CN(Cc2ccc(F)cc2)Cc2cccc(C(F)(F)F)c2)n1. The molecule has 1 aromatic heterocycles. The first-order chi connectivity index (χ1) is 16.2. The van der Waals surface area contributed by atoms with Crippen LogP contribution in [0, 0.1) is 5.82 Å². The van der Waals surface area contributed by atoms with Gasteiger partial charge >= 0.3 is 6.18 Å². The van der Waals surface area contributed by atoms with E-state index in [4.69, 9.17) is 0 Å². The molecule has 0 saturated carbocycles. The standard InChI is InChI=1S/C25H27F4N3OS/c1-2-3-4-12-30-24(33)22-17-34-23(31-22)16-32(14-18-8-10-21(26)11-9-18)15-19-6-5-7-20(13-19)25(27,28)29/h5-11,13,17H,2-4,12,14-16H2,1H3,(H,30,33). The van der Waals surface area contributed by atoms with Gasteiger partial charge in [-0.05, 0) is 35.7 Å². The number of carbonyl (C=O) groups is 1. The zero-order valence-corrected chi connectivity index (χ0v) is 19.7. The van der Waals surface area contributed by atoms with Crippen LogP contribution >= 0.6 is 11.3 Å². The number of unbranched alkanes of at least 4 members (excludes halogenated alkanes) is 2. The zero-order valence-electron chi connectivity index (χ0n) is 18.9. The van der Waals surface area contributed by atoms with Gasteiger partial charge in [-0.15, -0.1) is 11.3 Å². The lowest BCUT2D eigenvalue weighted by atomic mass is 10.1. The van der Waals surface area contributed by atoms with Crippen LogP contribution in [0.2, 0.25) is 0 Å². The molecule has 34 heavy (non-hydrogen) atoms. The molecule has 1 amide bonds. The lowest BCUT2D eigenvalue weighted by molar-refractivity contribution is -0.137. The van der Waals surface area contributed by atoms with Crippen LogP contribution in [0.5, 0.6) is 0 Å². The summed E-state index contributed by atoms with van der Waals surface area (Å²) in [6, 6.07) is 11.2. The number of nitrogens with one attached hydrogen (secondary N) is 1. The fraction of sp³-hybridized carbons (Fsp3) is 0.360. The summed E-state index contributed by atoms with van der Waals surface area (Å²) in [4.78, 5) is 18.7. The van der Waals surface area contributed by atoms with Crippen LogP contribution in [0.25, 0.3) is 0 Å². The van der Waals surface area contributed by atoms with Gasteiger partial charge in [0.05, 0.1) is 12.1 Å². The second-order valence-electron chi connectivity index (χ2n) is 8.06. The molecule has 1 heterocycles. The number of alkyl halides is 3. The molecule has 2 aromatic carbocycles. The van der Waals surface area contributed by atoms with Gasteiger partial charge in [-0.1, -0.05) is 50.1 Å². The van der Waals surface area contributed by atoms with Crippen LogP contribution in [0.4, 0.5) is 17.6 Å². The molecule has 182 valence electrons. The van der Waals surface area contributed by atoms with Crippen molar-refractivity contribution in [2.45, 2.75) is 52.0 Å². The third kappa shape index (κ3) is 7.92. The average Bonchev–Trinajstić information content (AvgIpc) is 3.26. The van der Waals surface area contributed by atoms with Crippen LogP contribution in [0.1, 0.15) is 58.4 Å². The van der Waals surface area contributed by atoms with Gasteiger partial charge in [0.2, 0.25) is 0 Å². The Morgan fingerprint density at radius 1 is 1.03 bits per heavy atom. The van der Waals surface area contributed by atoms with E-state index < -0.39 is 11.7 Å². The van der Waals surface area contributed by atoms with Crippen molar-refractivity contribution in [1.82, 2.24) is 15.2 Å². The van der Waals surface area contributed by atoms with Crippen LogP contribution < -0.4 is 5.32 Å². The first-order valence-corrected chi connectivity index (χ1v) is 12.0. The maximum Gasteiger partial charge on any atom is 0.416 e. The van der Waals surface area contributed by atoms with Gasteiger partial charge in [-0.3, -0.25) is 9.69 Å². The number of thiazole rings is 1. The fourth-order valence-electron chi connectivity index (χ4n) is 3.47. The van der Waals surface area contributed by atoms with Crippen LogP contribution in [0.15, 0.2) is 53.9 Å². The molecule has 9 heteroatoms. The van der Waals surface area contributed by atoms with Gasteiger partial charge in [0, 0.05) is 25.0 Å². The molecule has 3 rings (SSSR count). The van der Waals surface area contributed by atoms with E-state index in [0.29, 0.717) is 35.9 Å². The molecular formula is C25H27F4N3OS. The van der Waals surface area contributed by atoms with Crippen molar-refractivity contribution in [2.75, 3.05) is 6.54 Å². The van der Waals surface area contributed by atoms with Gasteiger partial charge in [0.1, 0.15) is 16.5 Å². The molecule has 0 bridgehead atoms. The van der Waals surface area contributed by atoms with Crippen molar-refractivity contribution >= 4 is 17.2 Å². The normalized spacial score (nSPS) is 11.7. The van der Waals surface area contributed by atoms with E-state index in [1.807, 2.05) is 4.90 Å². The molecule has 0 radical (unpaired) electrons. The van der Waals surface area contributed by atoms with Crippen molar-refractivity contribution < 1.29 is 22.4 Å². The lowest BCUT2D eigenvalue weighted by Crippen LogP contribution is -2.25. The predicted molar refractivity (Wildman–Crippen MR) is 125 cm³/mol. The minimum absolute atomic E-state index is 0.235. The zero-order chi connectivity index (χ0) is 24.6. The Morgan fingerprint density at radius 3 is 2.47 bits per heavy atom. The monoisotopic (exact) mass is 493 g/mol. The van der Waals surface area contributed by atoms with Gasteiger partial charge in [0.15, 0.2) is 0 Å². The Bertz CT molecular complexity index is 1070. The Hall–Kier alpha value is -2.78. The number of aromatic nitrogens is 1. The molecule has 0 saturated heterocycles. The molecule has 1 N–H and O–H groups in total. The number of hydrogen-bond acceptors (Lipinski definition) is 4. The minimum Gasteiger partial charge on any atom is -0.351 e. The van der Waals surface area contributed by atoms with Crippen molar-refractivity contribution in [3.63, 3.8) is 0 Å². The van der Waals surface area contributed by atoms with E-state index in [1.54, 1.807) is 23.6 Å². The molecule has 0 aliphatic rings. The molecule has 0 fully saturated rings. The molecular weight excluding hydrogens is 466 g/mol. The summed E-state index contributed by atoms with van der Waals surface area (Å²) >= 11 is 1.33. The van der Waals surface area contributed by atoms with Gasteiger partial charge in [0.25, 0.3) is 5.91 Å². The van der Waals surface area contributed by atoms with Crippen LogP contribution in [-0.2, 0) is 25.8 Å².